The van der Waals surface area contributed by atoms with Crippen LogP contribution in [-0.4, -0.2) is 15.3 Å². The molecule has 4 aromatic rings. The number of carbonyl (C=O) groups is 1. The maximum absolute atomic E-state index is 11.8. The summed E-state index contributed by atoms with van der Waals surface area (Å²) in [6.07, 6.45) is 0. The highest BCUT2D eigenvalue weighted by molar-refractivity contribution is 6.31. The summed E-state index contributed by atoms with van der Waals surface area (Å²) >= 11 is 6.37. The molecule has 2 heterocycles. The second-order valence-corrected chi connectivity index (χ2v) is 6.69. The number of halogens is 1. The van der Waals surface area contributed by atoms with Crippen LogP contribution in [0.3, 0.4) is 0 Å². The molecule has 0 N–H and O–H groups in total. The van der Waals surface area contributed by atoms with Gasteiger partial charge in [-0.05, 0) is 55.8 Å². The molecule has 130 valence electrons. The first-order valence-electron chi connectivity index (χ1n) is 8.34. The molecule has 0 amide bonds. The van der Waals surface area contributed by atoms with Crippen LogP contribution in [0.5, 0.6) is 0 Å². The Hall–Kier alpha value is -2.85. The topological polar surface area (TPSA) is 48.0 Å². The van der Waals surface area contributed by atoms with E-state index in [-0.39, 0.29) is 5.78 Å². The average Bonchev–Trinajstić information content (AvgIpc) is 3.20. The zero-order valence-electron chi connectivity index (χ0n) is 14.5. The Kier molecular flexibility index (Phi) is 4.13. The predicted molar refractivity (Wildman–Crippen MR) is 103 cm³/mol. The fourth-order valence-corrected chi connectivity index (χ4v) is 3.24. The SMILES string of the molecule is CC(=O)c1ccc2nc(-c3ccc(C)o3)n(Cc3ccccc3Cl)c2c1. The molecule has 0 unspecified atom stereocenters. The zero-order chi connectivity index (χ0) is 18.3. The Morgan fingerprint density at radius 3 is 2.65 bits per heavy atom. The van der Waals surface area contributed by atoms with Gasteiger partial charge < -0.3 is 8.98 Å². The first kappa shape index (κ1) is 16.6. The third-order valence-corrected chi connectivity index (χ3v) is 4.77. The van der Waals surface area contributed by atoms with Crippen LogP contribution in [0.2, 0.25) is 5.02 Å². The van der Waals surface area contributed by atoms with Gasteiger partial charge in [0.25, 0.3) is 0 Å². The summed E-state index contributed by atoms with van der Waals surface area (Å²) in [4.78, 5) is 16.6. The highest BCUT2D eigenvalue weighted by Crippen LogP contribution is 2.29. The first-order chi connectivity index (χ1) is 12.5. The van der Waals surface area contributed by atoms with Gasteiger partial charge in [-0.25, -0.2) is 4.98 Å². The van der Waals surface area contributed by atoms with Crippen molar-refractivity contribution in [1.29, 1.82) is 0 Å². The van der Waals surface area contributed by atoms with Crippen molar-refractivity contribution in [2.45, 2.75) is 20.4 Å². The lowest BCUT2D eigenvalue weighted by Gasteiger charge is -2.10. The normalized spacial score (nSPS) is 11.2. The smallest absolute Gasteiger partial charge is 0.177 e. The number of hydrogen-bond donors (Lipinski definition) is 0. The summed E-state index contributed by atoms with van der Waals surface area (Å²) in [5, 5.41) is 0.693. The van der Waals surface area contributed by atoms with E-state index in [0.717, 1.165) is 22.4 Å². The fraction of sp³-hybridized carbons (Fsp3) is 0.143. The molecule has 26 heavy (non-hydrogen) atoms. The van der Waals surface area contributed by atoms with E-state index in [1.54, 1.807) is 13.0 Å². The molecule has 2 aromatic heterocycles. The summed E-state index contributed by atoms with van der Waals surface area (Å²) in [6, 6.07) is 17.1. The quantitative estimate of drug-likeness (QED) is 0.448. The number of furan rings is 1. The second kappa shape index (κ2) is 6.46. The lowest BCUT2D eigenvalue weighted by atomic mass is 10.1. The maximum Gasteiger partial charge on any atom is 0.177 e. The van der Waals surface area contributed by atoms with Crippen LogP contribution in [0, 0.1) is 6.92 Å². The fourth-order valence-electron chi connectivity index (χ4n) is 3.04. The summed E-state index contributed by atoms with van der Waals surface area (Å²) in [6.45, 7) is 4.00. The molecule has 0 bridgehead atoms. The average molecular weight is 365 g/mol. The molecular formula is C21H17ClN2O2. The maximum atomic E-state index is 11.8. The summed E-state index contributed by atoms with van der Waals surface area (Å²) in [5.74, 6) is 2.25. The number of hydrogen-bond acceptors (Lipinski definition) is 3. The van der Waals surface area contributed by atoms with E-state index >= 15 is 0 Å². The number of carbonyl (C=O) groups excluding carboxylic acids is 1. The highest BCUT2D eigenvalue weighted by atomic mass is 35.5. The predicted octanol–water partition coefficient (Wildman–Crippen LogP) is 5.51. The minimum atomic E-state index is 0.0211. The molecule has 2 aromatic carbocycles. The third kappa shape index (κ3) is 2.93. The number of imidazole rings is 1. The van der Waals surface area contributed by atoms with Crippen LogP contribution in [0.15, 0.2) is 59.0 Å². The Morgan fingerprint density at radius 1 is 1.15 bits per heavy atom. The van der Waals surface area contributed by atoms with Gasteiger partial charge in [0.2, 0.25) is 0 Å². The number of benzene rings is 2. The Balaban J connectivity index is 1.95. The van der Waals surface area contributed by atoms with Crippen molar-refractivity contribution >= 4 is 28.4 Å². The standard InChI is InChI=1S/C21H17ClN2O2/c1-13-7-10-20(26-13)21-23-18-9-8-15(14(2)25)11-19(18)24(21)12-16-5-3-4-6-17(16)22/h3-11H,12H2,1-2H3. The molecule has 0 fully saturated rings. The van der Waals surface area contributed by atoms with Crippen LogP contribution in [-0.2, 0) is 6.54 Å². The van der Waals surface area contributed by atoms with E-state index in [9.17, 15) is 4.79 Å². The van der Waals surface area contributed by atoms with Crippen LogP contribution in [0.1, 0.15) is 28.6 Å². The van der Waals surface area contributed by atoms with Gasteiger partial charge >= 0.3 is 0 Å². The van der Waals surface area contributed by atoms with E-state index in [1.165, 1.54) is 0 Å². The van der Waals surface area contributed by atoms with Crippen molar-refractivity contribution in [2.24, 2.45) is 0 Å². The number of aryl methyl sites for hydroxylation is 1. The Morgan fingerprint density at radius 2 is 1.96 bits per heavy atom. The van der Waals surface area contributed by atoms with Crippen molar-refractivity contribution in [3.63, 3.8) is 0 Å². The molecule has 5 heteroatoms. The first-order valence-corrected chi connectivity index (χ1v) is 8.72. The molecule has 0 aliphatic rings. The molecular weight excluding hydrogens is 348 g/mol. The molecule has 0 radical (unpaired) electrons. The molecule has 0 spiro atoms. The number of fused-ring (bicyclic) bond motifs is 1. The van der Waals surface area contributed by atoms with Crippen LogP contribution in [0.4, 0.5) is 0 Å². The van der Waals surface area contributed by atoms with Gasteiger partial charge in [-0.15, -0.1) is 0 Å². The van der Waals surface area contributed by atoms with Gasteiger partial charge in [-0.1, -0.05) is 29.8 Å². The molecule has 0 aliphatic heterocycles. The number of rotatable bonds is 4. The van der Waals surface area contributed by atoms with Crippen LogP contribution < -0.4 is 0 Å². The summed E-state index contributed by atoms with van der Waals surface area (Å²) < 4.78 is 7.85. The lowest BCUT2D eigenvalue weighted by Crippen LogP contribution is -2.03. The van der Waals surface area contributed by atoms with Crippen LogP contribution in [0.25, 0.3) is 22.6 Å². The van der Waals surface area contributed by atoms with Gasteiger partial charge in [0.05, 0.1) is 17.6 Å². The van der Waals surface area contributed by atoms with Crippen molar-refractivity contribution in [2.75, 3.05) is 0 Å². The summed E-state index contributed by atoms with van der Waals surface area (Å²) in [7, 11) is 0. The zero-order valence-corrected chi connectivity index (χ0v) is 15.2. The molecule has 4 rings (SSSR count). The van der Waals surface area contributed by atoms with Crippen LogP contribution >= 0.6 is 11.6 Å². The van der Waals surface area contributed by atoms with E-state index in [1.807, 2.05) is 60.0 Å². The van der Waals surface area contributed by atoms with Gasteiger partial charge in [0.1, 0.15) is 5.76 Å². The molecule has 4 nitrogen and oxygen atoms in total. The third-order valence-electron chi connectivity index (χ3n) is 4.40. The molecule has 0 atom stereocenters. The van der Waals surface area contributed by atoms with Gasteiger partial charge in [0, 0.05) is 10.6 Å². The molecule has 0 saturated heterocycles. The lowest BCUT2D eigenvalue weighted by molar-refractivity contribution is 0.101. The van der Waals surface area contributed by atoms with E-state index in [0.29, 0.717) is 28.7 Å². The van der Waals surface area contributed by atoms with Gasteiger partial charge in [0.15, 0.2) is 17.4 Å². The van der Waals surface area contributed by atoms with Crippen molar-refractivity contribution in [1.82, 2.24) is 9.55 Å². The summed E-state index contributed by atoms with van der Waals surface area (Å²) in [5.41, 5.74) is 3.32. The Labute approximate surface area is 156 Å². The minimum Gasteiger partial charge on any atom is -0.458 e. The number of ketones is 1. The van der Waals surface area contributed by atoms with E-state index in [4.69, 9.17) is 21.0 Å². The number of Topliss-reactive ketones (excluding diaryl/α,β-unsaturated/α-hetero) is 1. The second-order valence-electron chi connectivity index (χ2n) is 6.28. The number of nitrogens with zero attached hydrogens (tertiary/aromatic N) is 2. The van der Waals surface area contributed by atoms with Crippen molar-refractivity contribution < 1.29 is 9.21 Å². The van der Waals surface area contributed by atoms with Crippen molar-refractivity contribution in [3.8, 4) is 11.6 Å². The van der Waals surface area contributed by atoms with Crippen molar-refractivity contribution in [3.05, 3.63) is 76.5 Å². The van der Waals surface area contributed by atoms with E-state index in [2.05, 4.69) is 0 Å². The Bertz CT molecular complexity index is 1120. The minimum absolute atomic E-state index is 0.0211. The molecule has 0 saturated carbocycles. The number of aromatic nitrogens is 2. The highest BCUT2D eigenvalue weighted by Gasteiger charge is 2.17. The monoisotopic (exact) mass is 364 g/mol. The van der Waals surface area contributed by atoms with E-state index < -0.39 is 0 Å². The van der Waals surface area contributed by atoms with Gasteiger partial charge in [-0.2, -0.15) is 0 Å². The largest absolute Gasteiger partial charge is 0.458 e. The van der Waals surface area contributed by atoms with Gasteiger partial charge in [-0.3, -0.25) is 4.79 Å². The molecule has 0 aliphatic carbocycles.